The van der Waals surface area contributed by atoms with E-state index in [0.717, 1.165) is 0 Å². The van der Waals surface area contributed by atoms with Crippen molar-refractivity contribution in [2.45, 2.75) is 20.3 Å². The van der Waals surface area contributed by atoms with Crippen LogP contribution in [0.5, 0.6) is 0 Å². The third-order valence-electron chi connectivity index (χ3n) is 2.67. The number of ether oxygens (including phenoxy) is 5. The molecule has 0 rings (SSSR count). The Morgan fingerprint density at radius 3 is 1.96 bits per heavy atom. The summed E-state index contributed by atoms with van der Waals surface area (Å²) in [7, 11) is 1.64. The highest BCUT2D eigenvalue weighted by molar-refractivity contribution is 5.75. The molecule has 0 saturated carbocycles. The van der Waals surface area contributed by atoms with Crippen LogP contribution >= 0.6 is 0 Å². The van der Waals surface area contributed by atoms with Gasteiger partial charge in [0.15, 0.2) is 0 Å². The van der Waals surface area contributed by atoms with E-state index in [-0.39, 0.29) is 5.91 Å². The first kappa shape index (κ1) is 22.3. The molecule has 0 aliphatic carbocycles. The lowest BCUT2D eigenvalue weighted by Crippen LogP contribution is -2.28. The van der Waals surface area contributed by atoms with Crippen molar-refractivity contribution in [3.05, 3.63) is 0 Å². The Labute approximate surface area is 139 Å². The summed E-state index contributed by atoms with van der Waals surface area (Å²) in [6.07, 6.45) is 0.388. The highest BCUT2D eigenvalue weighted by atomic mass is 16.6. The van der Waals surface area contributed by atoms with E-state index < -0.39 is 0 Å². The van der Waals surface area contributed by atoms with E-state index in [2.05, 4.69) is 19.2 Å². The van der Waals surface area contributed by atoms with Crippen LogP contribution in [0.3, 0.4) is 0 Å². The van der Waals surface area contributed by atoms with E-state index >= 15 is 0 Å². The quantitative estimate of drug-likeness (QED) is 0.397. The van der Waals surface area contributed by atoms with Crippen LogP contribution in [-0.4, -0.2) is 79.0 Å². The predicted molar refractivity (Wildman–Crippen MR) is 87.6 cm³/mol. The van der Waals surface area contributed by atoms with Crippen molar-refractivity contribution < 1.29 is 28.5 Å². The standard InChI is InChI=1S/C16H33NO6/c1-15(2)14-23-6-4-16(18)17-5-7-20-10-11-22-13-12-21-9-8-19-3/h15H,4-14H2,1-3H3,(H,17,18). The molecule has 0 aliphatic rings. The van der Waals surface area contributed by atoms with Crippen molar-refractivity contribution >= 4 is 5.91 Å². The summed E-state index contributed by atoms with van der Waals surface area (Å²) in [4.78, 5) is 11.5. The second-order valence-corrected chi connectivity index (χ2v) is 5.40. The number of hydrogen-bond donors (Lipinski definition) is 1. The lowest BCUT2D eigenvalue weighted by Gasteiger charge is -2.08. The summed E-state index contributed by atoms with van der Waals surface area (Å²) >= 11 is 0. The molecule has 0 heterocycles. The molecule has 23 heavy (non-hydrogen) atoms. The minimum atomic E-state index is -0.0122. The first-order chi connectivity index (χ1) is 11.2. The van der Waals surface area contributed by atoms with Crippen LogP contribution in [0.1, 0.15) is 20.3 Å². The molecule has 0 radical (unpaired) electrons. The van der Waals surface area contributed by atoms with E-state index in [1.54, 1.807) is 7.11 Å². The minimum Gasteiger partial charge on any atom is -0.382 e. The van der Waals surface area contributed by atoms with Gasteiger partial charge in [0.05, 0.1) is 52.9 Å². The molecule has 0 unspecified atom stereocenters. The van der Waals surface area contributed by atoms with Gasteiger partial charge in [0.25, 0.3) is 0 Å². The molecule has 0 aromatic rings. The molecule has 0 bridgehead atoms. The number of hydrogen-bond acceptors (Lipinski definition) is 6. The van der Waals surface area contributed by atoms with Gasteiger partial charge in [0.2, 0.25) is 5.91 Å². The molecular weight excluding hydrogens is 302 g/mol. The molecule has 0 aromatic heterocycles. The highest BCUT2D eigenvalue weighted by Gasteiger charge is 2.01. The fourth-order valence-electron chi connectivity index (χ4n) is 1.52. The summed E-state index contributed by atoms with van der Waals surface area (Å²) in [5, 5.41) is 2.78. The van der Waals surface area contributed by atoms with Gasteiger partial charge in [-0.2, -0.15) is 0 Å². The van der Waals surface area contributed by atoms with Gasteiger partial charge in [0, 0.05) is 26.7 Å². The number of carbonyl (C=O) groups is 1. The van der Waals surface area contributed by atoms with Crippen LogP contribution in [0.4, 0.5) is 0 Å². The molecule has 1 amide bonds. The largest absolute Gasteiger partial charge is 0.382 e. The van der Waals surface area contributed by atoms with Crippen molar-refractivity contribution in [3.8, 4) is 0 Å². The zero-order valence-electron chi connectivity index (χ0n) is 14.8. The van der Waals surface area contributed by atoms with Gasteiger partial charge in [-0.1, -0.05) is 13.8 Å². The number of nitrogens with one attached hydrogen (secondary N) is 1. The number of methoxy groups -OCH3 is 1. The lowest BCUT2D eigenvalue weighted by atomic mass is 10.2. The zero-order valence-corrected chi connectivity index (χ0v) is 14.8. The Balaban J connectivity index is 3.13. The maximum Gasteiger partial charge on any atom is 0.222 e. The first-order valence-corrected chi connectivity index (χ1v) is 8.23. The fraction of sp³-hybridized carbons (Fsp3) is 0.938. The molecule has 0 atom stereocenters. The van der Waals surface area contributed by atoms with Gasteiger partial charge < -0.3 is 29.0 Å². The number of amides is 1. The van der Waals surface area contributed by atoms with E-state index in [1.807, 2.05) is 0 Å². The molecule has 7 nitrogen and oxygen atoms in total. The van der Waals surface area contributed by atoms with Gasteiger partial charge in [-0.25, -0.2) is 0 Å². The van der Waals surface area contributed by atoms with Crippen molar-refractivity contribution in [2.75, 3.05) is 73.1 Å². The van der Waals surface area contributed by atoms with Gasteiger partial charge in [-0.3, -0.25) is 4.79 Å². The van der Waals surface area contributed by atoms with Crippen LogP contribution < -0.4 is 5.32 Å². The SMILES string of the molecule is COCCOCCOCCOCCNC(=O)CCOCC(C)C. The Morgan fingerprint density at radius 2 is 1.39 bits per heavy atom. The summed E-state index contributed by atoms with van der Waals surface area (Å²) in [5.74, 6) is 0.479. The predicted octanol–water partition coefficient (Wildman–Crippen LogP) is 0.862. The fourth-order valence-corrected chi connectivity index (χ4v) is 1.52. The van der Waals surface area contributed by atoms with Crippen LogP contribution in [0.15, 0.2) is 0 Å². The molecule has 0 aromatic carbocycles. The van der Waals surface area contributed by atoms with Crippen molar-refractivity contribution in [2.24, 2.45) is 5.92 Å². The van der Waals surface area contributed by atoms with Crippen molar-refractivity contribution in [3.63, 3.8) is 0 Å². The normalized spacial score (nSPS) is 11.1. The maximum absolute atomic E-state index is 11.5. The number of carbonyl (C=O) groups excluding carboxylic acids is 1. The van der Waals surface area contributed by atoms with E-state index in [4.69, 9.17) is 23.7 Å². The van der Waals surface area contributed by atoms with E-state index in [9.17, 15) is 4.79 Å². The molecule has 0 fully saturated rings. The average Bonchev–Trinajstić information content (AvgIpc) is 2.52. The summed E-state index contributed by atoms with van der Waals surface area (Å²) < 4.78 is 26.1. The van der Waals surface area contributed by atoms with Crippen LogP contribution in [0.2, 0.25) is 0 Å². The summed E-state index contributed by atoms with van der Waals surface area (Å²) in [6.45, 7) is 9.59. The van der Waals surface area contributed by atoms with Crippen molar-refractivity contribution in [1.82, 2.24) is 5.32 Å². The third kappa shape index (κ3) is 19.2. The number of rotatable bonds is 17. The van der Waals surface area contributed by atoms with Gasteiger partial charge in [-0.15, -0.1) is 0 Å². The molecule has 0 spiro atoms. The minimum absolute atomic E-state index is 0.0122. The van der Waals surface area contributed by atoms with Crippen molar-refractivity contribution in [1.29, 1.82) is 0 Å². The van der Waals surface area contributed by atoms with Crippen LogP contribution in [0.25, 0.3) is 0 Å². The molecular formula is C16H33NO6. The Bertz CT molecular complexity index is 263. The maximum atomic E-state index is 11.5. The molecule has 7 heteroatoms. The molecule has 0 saturated heterocycles. The second kappa shape index (κ2) is 17.6. The Kier molecular flexibility index (Phi) is 17.1. The van der Waals surface area contributed by atoms with Gasteiger partial charge in [-0.05, 0) is 5.92 Å². The highest BCUT2D eigenvalue weighted by Crippen LogP contribution is 1.93. The smallest absolute Gasteiger partial charge is 0.222 e. The topological polar surface area (TPSA) is 75.3 Å². The molecule has 138 valence electrons. The van der Waals surface area contributed by atoms with E-state index in [0.29, 0.717) is 78.3 Å². The van der Waals surface area contributed by atoms with Gasteiger partial charge >= 0.3 is 0 Å². The second-order valence-electron chi connectivity index (χ2n) is 5.40. The van der Waals surface area contributed by atoms with Gasteiger partial charge in [0.1, 0.15) is 0 Å². The first-order valence-electron chi connectivity index (χ1n) is 8.23. The van der Waals surface area contributed by atoms with E-state index in [1.165, 1.54) is 0 Å². The van der Waals surface area contributed by atoms with Crippen LogP contribution in [-0.2, 0) is 28.5 Å². The Hall–Kier alpha value is -0.730. The average molecular weight is 335 g/mol. The zero-order chi connectivity index (χ0) is 17.2. The molecule has 1 N–H and O–H groups in total. The monoisotopic (exact) mass is 335 g/mol. The molecule has 0 aliphatic heterocycles. The lowest BCUT2D eigenvalue weighted by molar-refractivity contribution is -0.122. The Morgan fingerprint density at radius 1 is 0.826 bits per heavy atom. The summed E-state index contributed by atoms with van der Waals surface area (Å²) in [6, 6.07) is 0. The van der Waals surface area contributed by atoms with Crippen LogP contribution in [0, 0.1) is 5.92 Å². The summed E-state index contributed by atoms with van der Waals surface area (Å²) in [5.41, 5.74) is 0. The third-order valence-corrected chi connectivity index (χ3v) is 2.67.